The molecule has 1 atom stereocenters. The zero-order valence-electron chi connectivity index (χ0n) is 11.9. The Balaban J connectivity index is 2.10. The van der Waals surface area contributed by atoms with Gasteiger partial charge in [0.05, 0.1) is 5.54 Å². The maximum atomic E-state index is 12.3. The van der Waals surface area contributed by atoms with Crippen molar-refractivity contribution in [2.45, 2.75) is 32.4 Å². The van der Waals surface area contributed by atoms with Crippen LogP contribution in [0.15, 0.2) is 35.8 Å². The predicted molar refractivity (Wildman–Crippen MR) is 81.4 cm³/mol. The zero-order chi connectivity index (χ0) is 14.8. The first-order chi connectivity index (χ1) is 9.40. The van der Waals surface area contributed by atoms with Crippen LogP contribution in [-0.4, -0.2) is 10.9 Å². The van der Waals surface area contributed by atoms with Gasteiger partial charge in [-0.1, -0.05) is 29.8 Å². The second-order valence-corrected chi connectivity index (χ2v) is 6.23. The summed E-state index contributed by atoms with van der Waals surface area (Å²) in [7, 11) is 0. The summed E-state index contributed by atoms with van der Waals surface area (Å²) in [6.45, 7) is 5.85. The van der Waals surface area contributed by atoms with E-state index in [0.29, 0.717) is 0 Å². The zero-order valence-corrected chi connectivity index (χ0v) is 12.7. The van der Waals surface area contributed by atoms with E-state index in [1.54, 1.807) is 6.20 Å². The van der Waals surface area contributed by atoms with Crippen LogP contribution in [-0.2, 0) is 10.3 Å². The maximum Gasteiger partial charge on any atom is 0.242 e. The highest BCUT2D eigenvalue weighted by Crippen LogP contribution is 2.23. The summed E-state index contributed by atoms with van der Waals surface area (Å²) >= 11 is 1.51. The molecule has 0 spiro atoms. The van der Waals surface area contributed by atoms with Crippen LogP contribution in [0.25, 0.3) is 0 Å². The van der Waals surface area contributed by atoms with Crippen LogP contribution < -0.4 is 11.1 Å². The molecule has 2 rings (SSSR count). The van der Waals surface area contributed by atoms with E-state index in [0.717, 1.165) is 16.1 Å². The summed E-state index contributed by atoms with van der Waals surface area (Å²) in [6.07, 6.45) is 1.73. The summed E-state index contributed by atoms with van der Waals surface area (Å²) in [6, 6.07) is 7.00. The number of benzene rings is 1. The number of thiazole rings is 1. The predicted octanol–water partition coefficient (Wildman–Crippen LogP) is 2.50. The molecule has 0 saturated heterocycles. The fourth-order valence-corrected chi connectivity index (χ4v) is 2.61. The van der Waals surface area contributed by atoms with Crippen molar-refractivity contribution in [3.05, 3.63) is 52.0 Å². The van der Waals surface area contributed by atoms with Gasteiger partial charge in [0, 0.05) is 11.6 Å². The highest BCUT2D eigenvalue weighted by molar-refractivity contribution is 7.09. The molecule has 0 fully saturated rings. The third-order valence-electron chi connectivity index (χ3n) is 3.12. The van der Waals surface area contributed by atoms with Crippen molar-refractivity contribution in [3.8, 4) is 0 Å². The molecule has 1 heterocycles. The molecule has 0 aliphatic rings. The van der Waals surface area contributed by atoms with Gasteiger partial charge in [-0.2, -0.15) is 0 Å². The SMILES string of the molecule is Cc1ccc(C(N)C(=O)NC(C)(C)c2nccs2)cc1. The number of aromatic nitrogens is 1. The third-order valence-corrected chi connectivity index (χ3v) is 4.22. The van der Waals surface area contributed by atoms with Gasteiger partial charge in [-0.25, -0.2) is 4.98 Å². The average molecular weight is 289 g/mol. The summed E-state index contributed by atoms with van der Waals surface area (Å²) < 4.78 is 0. The van der Waals surface area contributed by atoms with Crippen LogP contribution in [0.4, 0.5) is 0 Å². The lowest BCUT2D eigenvalue weighted by molar-refractivity contribution is -0.124. The molecule has 0 bridgehead atoms. The number of rotatable bonds is 4. The minimum Gasteiger partial charge on any atom is -0.343 e. The molecule has 1 unspecified atom stereocenters. The molecule has 1 amide bonds. The van der Waals surface area contributed by atoms with E-state index in [4.69, 9.17) is 5.73 Å². The van der Waals surface area contributed by atoms with Gasteiger partial charge < -0.3 is 11.1 Å². The largest absolute Gasteiger partial charge is 0.343 e. The maximum absolute atomic E-state index is 12.3. The minimum absolute atomic E-state index is 0.200. The summed E-state index contributed by atoms with van der Waals surface area (Å²) in [5.74, 6) is -0.200. The Morgan fingerprint density at radius 2 is 2.00 bits per heavy atom. The van der Waals surface area contributed by atoms with E-state index in [1.807, 2.05) is 50.4 Å². The smallest absolute Gasteiger partial charge is 0.242 e. The topological polar surface area (TPSA) is 68.0 Å². The molecule has 0 radical (unpaired) electrons. The molecule has 0 aliphatic carbocycles. The molecular formula is C15H19N3OS. The number of carbonyl (C=O) groups excluding carboxylic acids is 1. The summed E-state index contributed by atoms with van der Waals surface area (Å²) in [5.41, 5.74) is 7.45. The van der Waals surface area contributed by atoms with Gasteiger partial charge in [-0.15, -0.1) is 11.3 Å². The van der Waals surface area contributed by atoms with Gasteiger partial charge in [-0.05, 0) is 26.3 Å². The molecule has 2 aromatic rings. The fraction of sp³-hybridized carbons (Fsp3) is 0.333. The number of nitrogens with zero attached hydrogens (tertiary/aromatic N) is 1. The van der Waals surface area contributed by atoms with Gasteiger partial charge in [0.15, 0.2) is 0 Å². The van der Waals surface area contributed by atoms with Crippen molar-refractivity contribution in [3.63, 3.8) is 0 Å². The van der Waals surface area contributed by atoms with Gasteiger partial charge >= 0.3 is 0 Å². The third kappa shape index (κ3) is 3.23. The highest BCUT2D eigenvalue weighted by atomic mass is 32.1. The van der Waals surface area contributed by atoms with E-state index in [9.17, 15) is 4.79 Å². The minimum atomic E-state index is -0.671. The van der Waals surface area contributed by atoms with Crippen LogP contribution in [0.3, 0.4) is 0 Å². The standard InChI is InChI=1S/C15H19N3OS/c1-10-4-6-11(7-5-10)12(16)13(19)18-15(2,3)14-17-8-9-20-14/h4-9,12H,16H2,1-3H3,(H,18,19). The van der Waals surface area contributed by atoms with Gasteiger partial charge in [0.2, 0.25) is 5.91 Å². The lowest BCUT2D eigenvalue weighted by Gasteiger charge is -2.25. The van der Waals surface area contributed by atoms with E-state index in [1.165, 1.54) is 11.3 Å². The van der Waals surface area contributed by atoms with E-state index in [-0.39, 0.29) is 5.91 Å². The van der Waals surface area contributed by atoms with Crippen LogP contribution in [0.5, 0.6) is 0 Å². The average Bonchev–Trinajstić information content (AvgIpc) is 2.93. The van der Waals surface area contributed by atoms with Crippen LogP contribution in [0.1, 0.15) is 36.0 Å². The number of carbonyl (C=O) groups is 1. The molecule has 1 aromatic carbocycles. The second kappa shape index (κ2) is 5.73. The fourth-order valence-electron chi connectivity index (χ4n) is 1.90. The normalized spacial score (nSPS) is 13.0. The molecule has 106 valence electrons. The van der Waals surface area contributed by atoms with Crippen LogP contribution >= 0.6 is 11.3 Å². The van der Waals surface area contributed by atoms with Crippen LogP contribution in [0, 0.1) is 6.92 Å². The Hall–Kier alpha value is -1.72. The summed E-state index contributed by atoms with van der Waals surface area (Å²) in [5, 5.41) is 5.71. The quantitative estimate of drug-likeness (QED) is 0.908. The van der Waals surface area contributed by atoms with E-state index >= 15 is 0 Å². The van der Waals surface area contributed by atoms with Crippen molar-refractivity contribution in [2.75, 3.05) is 0 Å². The molecule has 3 N–H and O–H groups in total. The molecule has 0 saturated carbocycles. The Morgan fingerprint density at radius 3 is 2.55 bits per heavy atom. The molecule has 4 nitrogen and oxygen atoms in total. The molecule has 20 heavy (non-hydrogen) atoms. The first kappa shape index (κ1) is 14.7. The van der Waals surface area contributed by atoms with Crippen molar-refractivity contribution in [1.29, 1.82) is 0 Å². The monoisotopic (exact) mass is 289 g/mol. The van der Waals surface area contributed by atoms with Gasteiger partial charge in [-0.3, -0.25) is 4.79 Å². The lowest BCUT2D eigenvalue weighted by atomic mass is 10.0. The van der Waals surface area contributed by atoms with Crippen molar-refractivity contribution in [1.82, 2.24) is 10.3 Å². The Morgan fingerprint density at radius 1 is 1.35 bits per heavy atom. The van der Waals surface area contributed by atoms with Gasteiger partial charge in [0.25, 0.3) is 0 Å². The lowest BCUT2D eigenvalue weighted by Crippen LogP contribution is -2.45. The number of nitrogens with two attached hydrogens (primary N) is 1. The number of hydrogen-bond donors (Lipinski definition) is 2. The van der Waals surface area contributed by atoms with Gasteiger partial charge in [0.1, 0.15) is 11.0 Å². The van der Waals surface area contributed by atoms with E-state index in [2.05, 4.69) is 10.3 Å². The Kier molecular flexibility index (Phi) is 4.20. The number of hydrogen-bond acceptors (Lipinski definition) is 4. The van der Waals surface area contributed by atoms with E-state index < -0.39 is 11.6 Å². The second-order valence-electron chi connectivity index (χ2n) is 5.34. The van der Waals surface area contributed by atoms with Crippen molar-refractivity contribution in [2.24, 2.45) is 5.73 Å². The molecule has 1 aromatic heterocycles. The summed E-state index contributed by atoms with van der Waals surface area (Å²) in [4.78, 5) is 16.5. The van der Waals surface area contributed by atoms with Crippen molar-refractivity contribution >= 4 is 17.2 Å². The Bertz CT molecular complexity index is 576. The molecule has 0 aliphatic heterocycles. The Labute approximate surface area is 123 Å². The first-order valence-corrected chi connectivity index (χ1v) is 7.32. The number of nitrogens with one attached hydrogen (secondary N) is 1. The highest BCUT2D eigenvalue weighted by Gasteiger charge is 2.28. The molecular weight excluding hydrogens is 270 g/mol. The van der Waals surface area contributed by atoms with Crippen molar-refractivity contribution < 1.29 is 4.79 Å². The number of aryl methyl sites for hydroxylation is 1. The number of amides is 1. The first-order valence-electron chi connectivity index (χ1n) is 6.44. The van der Waals surface area contributed by atoms with Crippen LogP contribution in [0.2, 0.25) is 0 Å². The molecule has 5 heteroatoms.